The Labute approximate surface area is 119 Å². The van der Waals surface area contributed by atoms with Crippen molar-refractivity contribution in [2.75, 3.05) is 12.4 Å². The van der Waals surface area contributed by atoms with E-state index in [0.29, 0.717) is 5.56 Å². The van der Waals surface area contributed by atoms with Gasteiger partial charge >= 0.3 is 5.97 Å². The quantitative estimate of drug-likeness (QED) is 0.860. The summed E-state index contributed by atoms with van der Waals surface area (Å²) in [6, 6.07) is 13.6. The maximum atomic E-state index is 12.2. The largest absolute Gasteiger partial charge is 0.457 e. The number of nitrogens with one attached hydrogen (secondary N) is 1. The zero-order valence-corrected chi connectivity index (χ0v) is 12.1. The van der Waals surface area contributed by atoms with Crippen LogP contribution >= 0.6 is 0 Å². The van der Waals surface area contributed by atoms with Gasteiger partial charge in [0.15, 0.2) is 0 Å². The Kier molecular flexibility index (Phi) is 4.41. The fraction of sp³-hybridized carbons (Fsp3) is 0.235. The fourth-order valence-electron chi connectivity index (χ4n) is 2.17. The average molecular weight is 269 g/mol. The van der Waals surface area contributed by atoms with Gasteiger partial charge in [0.25, 0.3) is 0 Å². The molecule has 0 atom stereocenters. The number of rotatable bonds is 4. The number of anilines is 1. The summed E-state index contributed by atoms with van der Waals surface area (Å²) in [5.74, 6) is -0.297. The van der Waals surface area contributed by atoms with E-state index in [4.69, 9.17) is 4.74 Å². The maximum Gasteiger partial charge on any atom is 0.340 e. The zero-order valence-electron chi connectivity index (χ0n) is 12.1. The third kappa shape index (κ3) is 3.18. The minimum absolute atomic E-state index is 0.290. The van der Waals surface area contributed by atoms with Gasteiger partial charge in [0.2, 0.25) is 0 Å². The van der Waals surface area contributed by atoms with E-state index < -0.39 is 0 Å². The van der Waals surface area contributed by atoms with Crippen LogP contribution in [0.25, 0.3) is 0 Å². The lowest BCUT2D eigenvalue weighted by Gasteiger charge is -2.12. The second kappa shape index (κ2) is 6.24. The summed E-state index contributed by atoms with van der Waals surface area (Å²) in [7, 11) is 1.80. The Morgan fingerprint density at radius 2 is 1.90 bits per heavy atom. The van der Waals surface area contributed by atoms with E-state index in [1.54, 1.807) is 7.05 Å². The van der Waals surface area contributed by atoms with Crippen LogP contribution in [0.1, 0.15) is 27.0 Å². The Hall–Kier alpha value is -2.29. The van der Waals surface area contributed by atoms with Crippen molar-refractivity contribution < 1.29 is 9.53 Å². The first-order valence-electron chi connectivity index (χ1n) is 6.62. The standard InChI is InChI=1S/C17H19NO2/c1-12-6-4-8-14(10-12)11-20-17(19)16-13(2)7-5-9-15(16)18-3/h4-10,18H,11H2,1-3H3. The molecule has 0 aromatic heterocycles. The molecule has 0 heterocycles. The summed E-state index contributed by atoms with van der Waals surface area (Å²) >= 11 is 0. The maximum absolute atomic E-state index is 12.2. The molecule has 0 spiro atoms. The van der Waals surface area contributed by atoms with Crippen molar-refractivity contribution in [1.29, 1.82) is 0 Å². The molecule has 0 fully saturated rings. The van der Waals surface area contributed by atoms with E-state index >= 15 is 0 Å². The van der Waals surface area contributed by atoms with Crippen molar-refractivity contribution in [1.82, 2.24) is 0 Å². The number of hydrogen-bond acceptors (Lipinski definition) is 3. The highest BCUT2D eigenvalue weighted by Gasteiger charge is 2.15. The van der Waals surface area contributed by atoms with E-state index in [0.717, 1.165) is 22.4 Å². The number of hydrogen-bond donors (Lipinski definition) is 1. The molecule has 0 unspecified atom stereocenters. The Morgan fingerprint density at radius 3 is 2.60 bits per heavy atom. The normalized spacial score (nSPS) is 10.2. The molecular weight excluding hydrogens is 250 g/mol. The summed E-state index contributed by atoms with van der Waals surface area (Å²) in [5.41, 5.74) is 4.45. The van der Waals surface area contributed by atoms with Crippen LogP contribution in [0.3, 0.4) is 0 Å². The van der Waals surface area contributed by atoms with Gasteiger partial charge in [-0.2, -0.15) is 0 Å². The molecule has 0 bridgehead atoms. The fourth-order valence-corrected chi connectivity index (χ4v) is 2.17. The number of carbonyl (C=O) groups is 1. The third-order valence-corrected chi connectivity index (χ3v) is 3.20. The monoisotopic (exact) mass is 269 g/mol. The van der Waals surface area contributed by atoms with Crippen LogP contribution in [0.2, 0.25) is 0 Å². The average Bonchev–Trinajstić information content (AvgIpc) is 2.44. The smallest absolute Gasteiger partial charge is 0.340 e. The molecule has 0 saturated heterocycles. The van der Waals surface area contributed by atoms with Crippen molar-refractivity contribution in [3.63, 3.8) is 0 Å². The Balaban J connectivity index is 2.13. The van der Waals surface area contributed by atoms with E-state index in [1.807, 2.05) is 56.3 Å². The lowest BCUT2D eigenvalue weighted by Crippen LogP contribution is -2.10. The number of ether oxygens (including phenoxy) is 1. The van der Waals surface area contributed by atoms with Gasteiger partial charge < -0.3 is 10.1 Å². The molecule has 0 saturated carbocycles. The van der Waals surface area contributed by atoms with E-state index in [-0.39, 0.29) is 12.6 Å². The molecule has 2 aromatic rings. The van der Waals surface area contributed by atoms with Gasteiger partial charge in [0, 0.05) is 12.7 Å². The van der Waals surface area contributed by atoms with Crippen LogP contribution in [0.5, 0.6) is 0 Å². The summed E-state index contributed by atoms with van der Waals surface area (Å²) in [4.78, 5) is 12.2. The van der Waals surface area contributed by atoms with Crippen LogP contribution < -0.4 is 5.32 Å². The van der Waals surface area contributed by atoms with Crippen LogP contribution in [0.4, 0.5) is 5.69 Å². The molecule has 1 N–H and O–H groups in total. The highest BCUT2D eigenvalue weighted by atomic mass is 16.5. The molecular formula is C17H19NO2. The lowest BCUT2D eigenvalue weighted by atomic mass is 10.1. The molecule has 3 nitrogen and oxygen atoms in total. The minimum Gasteiger partial charge on any atom is -0.457 e. The SMILES string of the molecule is CNc1cccc(C)c1C(=O)OCc1cccc(C)c1. The summed E-state index contributed by atoms with van der Waals surface area (Å²) < 4.78 is 5.41. The molecule has 0 amide bonds. The minimum atomic E-state index is -0.297. The van der Waals surface area contributed by atoms with Crippen LogP contribution in [-0.4, -0.2) is 13.0 Å². The third-order valence-electron chi connectivity index (χ3n) is 3.20. The van der Waals surface area contributed by atoms with Gasteiger partial charge in [0.1, 0.15) is 6.61 Å². The van der Waals surface area contributed by atoms with Crippen molar-refractivity contribution >= 4 is 11.7 Å². The molecule has 3 heteroatoms. The zero-order chi connectivity index (χ0) is 14.5. The van der Waals surface area contributed by atoms with E-state index in [1.165, 1.54) is 0 Å². The van der Waals surface area contributed by atoms with Crippen molar-refractivity contribution in [3.05, 3.63) is 64.7 Å². The van der Waals surface area contributed by atoms with Crippen LogP contribution in [0.15, 0.2) is 42.5 Å². The predicted molar refractivity (Wildman–Crippen MR) is 81.0 cm³/mol. The Morgan fingerprint density at radius 1 is 1.15 bits per heavy atom. The second-order valence-electron chi connectivity index (χ2n) is 4.81. The van der Waals surface area contributed by atoms with Gasteiger partial charge in [-0.3, -0.25) is 0 Å². The molecule has 0 aliphatic rings. The van der Waals surface area contributed by atoms with Gasteiger partial charge in [-0.05, 0) is 31.0 Å². The summed E-state index contributed by atoms with van der Waals surface area (Å²) in [6.07, 6.45) is 0. The molecule has 2 aromatic carbocycles. The first-order chi connectivity index (χ1) is 9.61. The van der Waals surface area contributed by atoms with Gasteiger partial charge in [-0.15, -0.1) is 0 Å². The molecule has 2 rings (SSSR count). The van der Waals surface area contributed by atoms with Crippen molar-refractivity contribution in [2.45, 2.75) is 20.5 Å². The highest BCUT2D eigenvalue weighted by molar-refractivity contribution is 5.97. The highest BCUT2D eigenvalue weighted by Crippen LogP contribution is 2.20. The first-order valence-corrected chi connectivity index (χ1v) is 6.62. The lowest BCUT2D eigenvalue weighted by molar-refractivity contribution is 0.0473. The number of benzene rings is 2. The first kappa shape index (κ1) is 14.1. The summed E-state index contributed by atoms with van der Waals surface area (Å²) in [5, 5.41) is 3.02. The Bertz CT molecular complexity index is 620. The van der Waals surface area contributed by atoms with E-state index in [9.17, 15) is 4.79 Å². The van der Waals surface area contributed by atoms with Crippen molar-refractivity contribution in [3.8, 4) is 0 Å². The van der Waals surface area contributed by atoms with Gasteiger partial charge in [-0.25, -0.2) is 4.79 Å². The van der Waals surface area contributed by atoms with Crippen LogP contribution in [-0.2, 0) is 11.3 Å². The van der Waals surface area contributed by atoms with Gasteiger partial charge in [0.05, 0.1) is 5.56 Å². The summed E-state index contributed by atoms with van der Waals surface area (Å²) in [6.45, 7) is 4.22. The van der Waals surface area contributed by atoms with Crippen molar-refractivity contribution in [2.24, 2.45) is 0 Å². The number of carbonyl (C=O) groups excluding carboxylic acids is 1. The van der Waals surface area contributed by atoms with E-state index in [2.05, 4.69) is 5.32 Å². The number of esters is 1. The molecule has 20 heavy (non-hydrogen) atoms. The molecule has 104 valence electrons. The topological polar surface area (TPSA) is 38.3 Å². The second-order valence-corrected chi connectivity index (χ2v) is 4.81. The molecule has 0 aliphatic heterocycles. The molecule has 0 radical (unpaired) electrons. The number of aryl methyl sites for hydroxylation is 2. The predicted octanol–water partition coefficient (Wildman–Crippen LogP) is 3.70. The van der Waals surface area contributed by atoms with Crippen LogP contribution in [0, 0.1) is 13.8 Å². The van der Waals surface area contributed by atoms with Gasteiger partial charge in [-0.1, -0.05) is 42.0 Å². The molecule has 0 aliphatic carbocycles.